The van der Waals surface area contributed by atoms with Crippen molar-refractivity contribution in [1.29, 1.82) is 0 Å². The number of anilines is 1. The van der Waals surface area contributed by atoms with Crippen LogP contribution in [-0.2, 0) is 18.9 Å². The SMILES string of the molecule is C=C(Nc1ccc(C(C)(F)F)cc1C(=C)/C=C(\C)C(C)(C)C)C1=C(C)C2(CCCC2)N(C)N(Cc2ccc(CCCCCCCCCCCCC(=C)C(C)CC(C)CCC(C)C)c(F)c2C)C1=C. The van der Waals surface area contributed by atoms with Gasteiger partial charge in [-0.25, -0.2) is 18.2 Å². The fraction of sp³-hybridized carbons (Fsp3) is 0.613. The zero-order valence-electron chi connectivity index (χ0n) is 45.2. The van der Waals surface area contributed by atoms with Crippen LogP contribution in [-0.4, -0.2) is 22.6 Å². The van der Waals surface area contributed by atoms with E-state index in [2.05, 4.69) is 110 Å². The first kappa shape index (κ1) is 56.8. The quantitative estimate of drug-likeness (QED) is 0.0547. The molecule has 1 saturated carbocycles. The maximum atomic E-state index is 16.2. The summed E-state index contributed by atoms with van der Waals surface area (Å²) in [6.45, 7) is 41.4. The van der Waals surface area contributed by atoms with E-state index in [0.29, 0.717) is 40.5 Å². The van der Waals surface area contributed by atoms with E-state index in [-0.39, 0.29) is 22.3 Å². The van der Waals surface area contributed by atoms with Gasteiger partial charge in [0.2, 0.25) is 0 Å². The Hall–Kier alpha value is -3.77. The van der Waals surface area contributed by atoms with Crippen LogP contribution in [0.15, 0.2) is 96.4 Å². The third kappa shape index (κ3) is 15.4. The molecular weight excluding hydrogens is 844 g/mol. The lowest BCUT2D eigenvalue weighted by Crippen LogP contribution is -2.57. The van der Waals surface area contributed by atoms with Crippen LogP contribution in [0.3, 0.4) is 0 Å². The van der Waals surface area contributed by atoms with Gasteiger partial charge in [0.05, 0.1) is 17.8 Å². The van der Waals surface area contributed by atoms with Crippen molar-refractivity contribution in [3.05, 3.63) is 130 Å². The summed E-state index contributed by atoms with van der Waals surface area (Å²) in [5.41, 5.74) is 9.96. The van der Waals surface area contributed by atoms with Crippen LogP contribution in [0.5, 0.6) is 0 Å². The molecule has 1 heterocycles. The predicted octanol–water partition coefficient (Wildman–Crippen LogP) is 19.2. The van der Waals surface area contributed by atoms with Crippen molar-refractivity contribution in [3.63, 3.8) is 0 Å². The molecule has 0 bridgehead atoms. The molecule has 2 aliphatic rings. The van der Waals surface area contributed by atoms with E-state index in [4.69, 9.17) is 0 Å². The Balaban J connectivity index is 1.33. The molecule has 378 valence electrons. The number of alkyl halides is 2. The summed E-state index contributed by atoms with van der Waals surface area (Å²) >= 11 is 0. The van der Waals surface area contributed by atoms with Crippen LogP contribution in [0.1, 0.15) is 213 Å². The van der Waals surface area contributed by atoms with Gasteiger partial charge in [-0.2, -0.15) is 0 Å². The molecule has 1 fully saturated rings. The number of halogens is 3. The number of nitrogens with one attached hydrogen (secondary N) is 1. The molecule has 1 spiro atoms. The van der Waals surface area contributed by atoms with Gasteiger partial charge in [-0.3, -0.25) is 0 Å². The van der Waals surface area contributed by atoms with Crippen molar-refractivity contribution in [2.45, 2.75) is 216 Å². The van der Waals surface area contributed by atoms with Gasteiger partial charge in [0.15, 0.2) is 0 Å². The lowest BCUT2D eigenvalue weighted by Gasteiger charge is -2.53. The van der Waals surface area contributed by atoms with E-state index < -0.39 is 5.92 Å². The van der Waals surface area contributed by atoms with Gasteiger partial charge in [-0.05, 0) is 129 Å². The molecule has 1 N–H and O–H groups in total. The minimum Gasteiger partial charge on any atom is -0.355 e. The average molecular weight is 938 g/mol. The Kier molecular flexibility index (Phi) is 21.2. The summed E-state index contributed by atoms with van der Waals surface area (Å²) < 4.78 is 45.6. The van der Waals surface area contributed by atoms with Crippen LogP contribution in [0.4, 0.5) is 18.9 Å². The summed E-state index contributed by atoms with van der Waals surface area (Å²) in [6.07, 6.45) is 24.4. The van der Waals surface area contributed by atoms with Crippen LogP contribution in [0.25, 0.3) is 5.57 Å². The molecule has 4 rings (SSSR count). The highest BCUT2D eigenvalue weighted by atomic mass is 19.3. The van der Waals surface area contributed by atoms with E-state index in [9.17, 15) is 8.78 Å². The largest absolute Gasteiger partial charge is 0.355 e. The minimum absolute atomic E-state index is 0.0711. The summed E-state index contributed by atoms with van der Waals surface area (Å²) in [4.78, 5) is 0. The molecule has 68 heavy (non-hydrogen) atoms. The molecule has 2 atom stereocenters. The van der Waals surface area contributed by atoms with Gasteiger partial charge >= 0.3 is 0 Å². The molecule has 0 saturated heterocycles. The Morgan fingerprint density at radius 3 is 1.97 bits per heavy atom. The van der Waals surface area contributed by atoms with Gasteiger partial charge in [-0.15, -0.1) is 0 Å². The number of nitrogens with zero attached hydrogens (tertiary/aromatic N) is 2. The summed E-state index contributed by atoms with van der Waals surface area (Å²) in [5.74, 6) is -0.890. The first-order valence-electron chi connectivity index (χ1n) is 26.6. The van der Waals surface area contributed by atoms with Crippen molar-refractivity contribution >= 4 is 11.3 Å². The fourth-order valence-corrected chi connectivity index (χ4v) is 10.6. The standard InChI is InChI=1S/C62H94F3N3/c1-43(2)31-32-44(3)39-46(5)45(4)29-25-23-21-19-17-18-20-22-24-26-30-53-33-34-54(49(8)59(53)63)42-68-52(11)58(50(9)62(67(68)16)37-27-28-38-62)51(10)66-57-36-35-55(61(15,64)65)41-56(57)47(6)40-48(7)60(12,13)14/h33-36,40-41,43-44,46,66H,4,6,10-11,17-32,37-39,42H2,1-3,5,7-9,12-16H3/b48-40+. The smallest absolute Gasteiger partial charge is 0.270 e. The maximum Gasteiger partial charge on any atom is 0.270 e. The number of hydrogen-bond donors (Lipinski definition) is 1. The second-order valence-electron chi connectivity index (χ2n) is 22.9. The van der Waals surface area contributed by atoms with E-state index in [1.165, 1.54) is 94.3 Å². The highest BCUT2D eigenvalue weighted by Crippen LogP contribution is 2.49. The average Bonchev–Trinajstić information content (AvgIpc) is 3.77. The summed E-state index contributed by atoms with van der Waals surface area (Å²) in [5, 5.41) is 8.09. The van der Waals surface area contributed by atoms with Crippen molar-refractivity contribution in [1.82, 2.24) is 10.0 Å². The first-order chi connectivity index (χ1) is 31.9. The van der Waals surface area contributed by atoms with Gasteiger partial charge in [-0.1, -0.05) is 187 Å². The third-order valence-electron chi connectivity index (χ3n) is 15.9. The molecule has 0 amide bonds. The second-order valence-corrected chi connectivity index (χ2v) is 22.9. The van der Waals surface area contributed by atoms with Gasteiger partial charge in [0, 0.05) is 42.1 Å². The highest BCUT2D eigenvalue weighted by Gasteiger charge is 2.47. The Morgan fingerprint density at radius 1 is 0.824 bits per heavy atom. The van der Waals surface area contributed by atoms with Crippen molar-refractivity contribution in [2.24, 2.45) is 23.2 Å². The molecular formula is C62H94F3N3. The molecule has 6 heteroatoms. The normalized spacial score (nSPS) is 16.9. The molecule has 3 nitrogen and oxygen atoms in total. The van der Waals surface area contributed by atoms with Crippen molar-refractivity contribution in [3.8, 4) is 0 Å². The number of allylic oxidation sites excluding steroid dienone is 4. The van der Waals surface area contributed by atoms with Crippen LogP contribution < -0.4 is 5.32 Å². The number of rotatable bonds is 27. The van der Waals surface area contributed by atoms with Gasteiger partial charge in [0.25, 0.3) is 5.92 Å². The summed E-state index contributed by atoms with van der Waals surface area (Å²) in [7, 11) is 2.14. The molecule has 2 aromatic carbocycles. The Bertz CT molecular complexity index is 2100. The Morgan fingerprint density at radius 2 is 1.40 bits per heavy atom. The number of unbranched alkanes of at least 4 members (excludes halogenated alkanes) is 9. The fourth-order valence-electron chi connectivity index (χ4n) is 10.6. The first-order valence-corrected chi connectivity index (χ1v) is 26.6. The second kappa shape index (κ2) is 25.4. The lowest BCUT2D eigenvalue weighted by atomic mass is 9.81. The monoisotopic (exact) mass is 938 g/mol. The molecule has 2 aromatic rings. The van der Waals surface area contributed by atoms with E-state index >= 15 is 4.39 Å². The number of hydrogen-bond acceptors (Lipinski definition) is 3. The van der Waals surface area contributed by atoms with E-state index in [1.54, 1.807) is 12.1 Å². The van der Waals surface area contributed by atoms with Crippen LogP contribution >= 0.6 is 0 Å². The van der Waals surface area contributed by atoms with E-state index in [1.807, 2.05) is 26.0 Å². The molecule has 0 radical (unpaired) electrons. The number of hydrazine groups is 1. The van der Waals surface area contributed by atoms with Crippen LogP contribution in [0.2, 0.25) is 0 Å². The van der Waals surface area contributed by atoms with Crippen molar-refractivity contribution in [2.75, 3.05) is 12.4 Å². The van der Waals surface area contributed by atoms with Crippen molar-refractivity contribution < 1.29 is 13.2 Å². The van der Waals surface area contributed by atoms with E-state index in [0.717, 1.165) is 91.7 Å². The topological polar surface area (TPSA) is 18.5 Å². The number of likely N-dealkylation sites (N-methyl/N-ethyl adjacent to an activating group) is 1. The zero-order valence-corrected chi connectivity index (χ0v) is 45.2. The summed E-state index contributed by atoms with van der Waals surface area (Å²) in [6, 6.07) is 8.83. The van der Waals surface area contributed by atoms with Gasteiger partial charge < -0.3 is 10.3 Å². The zero-order chi connectivity index (χ0) is 50.6. The number of aryl methyl sites for hydroxylation is 1. The minimum atomic E-state index is -3.01. The molecule has 1 aliphatic carbocycles. The molecule has 0 aromatic heterocycles. The highest BCUT2D eigenvalue weighted by molar-refractivity contribution is 5.83. The molecule has 1 aliphatic heterocycles. The Labute approximate surface area is 414 Å². The van der Waals surface area contributed by atoms with Crippen LogP contribution in [0, 0.1) is 35.9 Å². The lowest BCUT2D eigenvalue weighted by molar-refractivity contribution is -0.0590. The third-order valence-corrected chi connectivity index (χ3v) is 15.9. The maximum absolute atomic E-state index is 16.2. The predicted molar refractivity (Wildman–Crippen MR) is 289 cm³/mol. The number of benzene rings is 2. The molecule has 2 unspecified atom stereocenters. The van der Waals surface area contributed by atoms with Gasteiger partial charge in [0.1, 0.15) is 5.82 Å².